The van der Waals surface area contributed by atoms with Gasteiger partial charge in [0, 0.05) is 31.6 Å². The van der Waals surface area contributed by atoms with Crippen molar-refractivity contribution in [2.45, 2.75) is 51.5 Å². The second-order valence-electron chi connectivity index (χ2n) is 7.80. The third-order valence-electron chi connectivity index (χ3n) is 4.91. The van der Waals surface area contributed by atoms with E-state index >= 15 is 0 Å². The van der Waals surface area contributed by atoms with Gasteiger partial charge in [-0.25, -0.2) is 8.42 Å². The molecule has 0 atom stereocenters. The first-order valence-electron chi connectivity index (χ1n) is 10.3. The predicted octanol–water partition coefficient (Wildman–Crippen LogP) is 2.99. The van der Waals surface area contributed by atoms with Gasteiger partial charge in [-0.05, 0) is 36.6 Å². The van der Waals surface area contributed by atoms with Crippen molar-refractivity contribution in [3.05, 3.63) is 41.3 Å². The summed E-state index contributed by atoms with van der Waals surface area (Å²) in [6.45, 7) is 7.51. The molecule has 30 heavy (non-hydrogen) atoms. The van der Waals surface area contributed by atoms with Crippen molar-refractivity contribution < 1.29 is 22.5 Å². The Bertz CT molecular complexity index is 967. The number of benzene rings is 1. The number of aromatic nitrogens is 1. The normalized spacial score (nSPS) is 14.5. The minimum atomic E-state index is -3.72. The van der Waals surface area contributed by atoms with Gasteiger partial charge in [-0.1, -0.05) is 32.3 Å². The molecule has 2 aromatic rings. The van der Waals surface area contributed by atoms with E-state index in [1.54, 1.807) is 24.3 Å². The first kappa shape index (κ1) is 22.3. The van der Waals surface area contributed by atoms with Crippen LogP contribution in [-0.2, 0) is 23.0 Å². The highest BCUT2D eigenvalue weighted by Crippen LogP contribution is 2.28. The number of ether oxygens (including phenoxy) is 1. The quantitative estimate of drug-likeness (QED) is 0.608. The number of sulfonamides is 1. The van der Waals surface area contributed by atoms with Crippen LogP contribution in [0.1, 0.15) is 55.4 Å². The number of nitrogens with one attached hydrogen (secondary N) is 1. The Morgan fingerprint density at radius 1 is 1.30 bits per heavy atom. The molecule has 3 rings (SSSR count). The summed E-state index contributed by atoms with van der Waals surface area (Å²) in [4.78, 5) is 12.6. The van der Waals surface area contributed by atoms with Crippen LogP contribution in [0.25, 0.3) is 0 Å². The van der Waals surface area contributed by atoms with Gasteiger partial charge in [-0.2, -0.15) is 4.31 Å². The molecule has 2 heterocycles. The fourth-order valence-electron chi connectivity index (χ4n) is 3.14. The largest absolute Gasteiger partial charge is 0.494 e. The lowest BCUT2D eigenvalue weighted by Crippen LogP contribution is -2.37. The zero-order valence-electron chi connectivity index (χ0n) is 17.7. The summed E-state index contributed by atoms with van der Waals surface area (Å²) in [5.41, 5.74) is 0.691. The molecule has 0 saturated carbocycles. The van der Waals surface area contributed by atoms with E-state index < -0.39 is 10.0 Å². The fraction of sp³-hybridized carbons (Fsp3) is 0.524. The van der Waals surface area contributed by atoms with Crippen LogP contribution >= 0.6 is 0 Å². The molecule has 8 nitrogen and oxygen atoms in total. The lowest BCUT2D eigenvalue weighted by molar-refractivity contribution is 0.0938. The molecule has 1 aromatic carbocycles. The molecule has 0 saturated heterocycles. The molecule has 0 fully saturated rings. The van der Waals surface area contributed by atoms with Crippen LogP contribution in [0, 0.1) is 5.92 Å². The number of hydrogen-bond acceptors (Lipinski definition) is 6. The molecule has 0 aliphatic carbocycles. The van der Waals surface area contributed by atoms with Crippen LogP contribution in [0.2, 0.25) is 0 Å². The van der Waals surface area contributed by atoms with Gasteiger partial charge in [0.15, 0.2) is 5.69 Å². The summed E-state index contributed by atoms with van der Waals surface area (Å²) in [5, 5.41) is 6.69. The first-order chi connectivity index (χ1) is 14.3. The van der Waals surface area contributed by atoms with E-state index in [1.165, 1.54) is 4.31 Å². The van der Waals surface area contributed by atoms with Crippen molar-refractivity contribution in [3.8, 4) is 5.75 Å². The molecule has 0 radical (unpaired) electrons. The maximum Gasteiger partial charge on any atom is 0.273 e. The molecule has 1 aliphatic rings. The van der Waals surface area contributed by atoms with Crippen molar-refractivity contribution in [3.63, 3.8) is 0 Å². The Kier molecular flexibility index (Phi) is 7.14. The zero-order valence-corrected chi connectivity index (χ0v) is 18.5. The summed E-state index contributed by atoms with van der Waals surface area (Å²) < 4.78 is 38.5. The van der Waals surface area contributed by atoms with Crippen LogP contribution in [0.3, 0.4) is 0 Å². The molecule has 1 amide bonds. The van der Waals surface area contributed by atoms with E-state index in [9.17, 15) is 13.2 Å². The highest BCUT2D eigenvalue weighted by molar-refractivity contribution is 7.89. The number of nitrogens with zero attached hydrogens (tertiary/aromatic N) is 2. The zero-order chi connectivity index (χ0) is 21.7. The highest BCUT2D eigenvalue weighted by Gasteiger charge is 2.33. The van der Waals surface area contributed by atoms with E-state index in [4.69, 9.17) is 9.26 Å². The second kappa shape index (κ2) is 9.61. The summed E-state index contributed by atoms with van der Waals surface area (Å²) in [7, 11) is -3.72. The monoisotopic (exact) mass is 435 g/mol. The van der Waals surface area contributed by atoms with E-state index in [-0.39, 0.29) is 29.6 Å². The highest BCUT2D eigenvalue weighted by atomic mass is 32.2. The summed E-state index contributed by atoms with van der Waals surface area (Å²) in [6.07, 6.45) is 2.35. The van der Waals surface area contributed by atoms with Gasteiger partial charge in [-0.3, -0.25) is 4.79 Å². The number of amides is 1. The topological polar surface area (TPSA) is 102 Å². The van der Waals surface area contributed by atoms with E-state index in [0.29, 0.717) is 42.6 Å². The van der Waals surface area contributed by atoms with Crippen LogP contribution in [0.4, 0.5) is 0 Å². The molecule has 9 heteroatoms. The Balaban J connectivity index is 1.74. The number of fused-ring (bicyclic) bond motifs is 1. The SMILES string of the molecule is CCCCOc1ccc(S(=O)(=O)N2CCc3onc(C(=O)NCC(C)C)c3C2)cc1. The number of rotatable bonds is 9. The molecule has 0 bridgehead atoms. The number of carbonyl (C=O) groups excluding carboxylic acids is 1. The fourth-order valence-corrected chi connectivity index (χ4v) is 4.55. The standard InChI is InChI=1S/C21H29N3O5S/c1-4-5-12-28-16-6-8-17(9-7-16)30(26,27)24-11-10-19-18(14-24)20(23-29-19)21(25)22-13-15(2)3/h6-9,15H,4-5,10-14H2,1-3H3,(H,22,25). The smallest absolute Gasteiger partial charge is 0.273 e. The maximum absolute atomic E-state index is 13.1. The summed E-state index contributed by atoms with van der Waals surface area (Å²) in [6, 6.07) is 6.44. The minimum absolute atomic E-state index is 0.0559. The molecule has 0 unspecified atom stereocenters. The molecular formula is C21H29N3O5S. The van der Waals surface area contributed by atoms with Crippen LogP contribution in [0.5, 0.6) is 5.75 Å². The second-order valence-corrected chi connectivity index (χ2v) is 9.74. The van der Waals surface area contributed by atoms with Crippen LogP contribution in [-0.4, -0.2) is 43.5 Å². The average molecular weight is 436 g/mol. The minimum Gasteiger partial charge on any atom is -0.494 e. The van der Waals surface area contributed by atoms with E-state index in [0.717, 1.165) is 12.8 Å². The Hall–Kier alpha value is -2.39. The average Bonchev–Trinajstić information content (AvgIpc) is 3.16. The first-order valence-corrected chi connectivity index (χ1v) is 11.8. The van der Waals surface area contributed by atoms with Crippen molar-refractivity contribution in [1.29, 1.82) is 0 Å². The molecule has 1 N–H and O–H groups in total. The third kappa shape index (κ3) is 5.02. The summed E-state index contributed by atoms with van der Waals surface area (Å²) >= 11 is 0. The molecule has 0 spiro atoms. The van der Waals surface area contributed by atoms with Crippen LogP contribution < -0.4 is 10.1 Å². The van der Waals surface area contributed by atoms with Gasteiger partial charge in [-0.15, -0.1) is 0 Å². The molecule has 1 aliphatic heterocycles. The lowest BCUT2D eigenvalue weighted by Gasteiger charge is -2.25. The van der Waals surface area contributed by atoms with Gasteiger partial charge >= 0.3 is 0 Å². The Labute approximate surface area is 177 Å². The third-order valence-corrected chi connectivity index (χ3v) is 6.77. The predicted molar refractivity (Wildman–Crippen MR) is 112 cm³/mol. The Morgan fingerprint density at radius 2 is 2.03 bits per heavy atom. The molecular weight excluding hydrogens is 406 g/mol. The number of hydrogen-bond donors (Lipinski definition) is 1. The van der Waals surface area contributed by atoms with E-state index in [2.05, 4.69) is 17.4 Å². The van der Waals surface area contributed by atoms with Gasteiger partial charge in [0.2, 0.25) is 10.0 Å². The van der Waals surface area contributed by atoms with Crippen LogP contribution in [0.15, 0.2) is 33.7 Å². The number of carbonyl (C=O) groups is 1. The van der Waals surface area contributed by atoms with Crippen molar-refractivity contribution in [2.75, 3.05) is 19.7 Å². The van der Waals surface area contributed by atoms with E-state index in [1.807, 2.05) is 13.8 Å². The van der Waals surface area contributed by atoms with Crippen molar-refractivity contribution >= 4 is 15.9 Å². The maximum atomic E-state index is 13.1. The molecule has 1 aromatic heterocycles. The van der Waals surface area contributed by atoms with Gasteiger partial charge in [0.05, 0.1) is 11.5 Å². The van der Waals surface area contributed by atoms with Crippen molar-refractivity contribution in [2.24, 2.45) is 5.92 Å². The lowest BCUT2D eigenvalue weighted by atomic mass is 10.1. The van der Waals surface area contributed by atoms with Gasteiger partial charge < -0.3 is 14.6 Å². The summed E-state index contributed by atoms with van der Waals surface area (Å²) in [5.74, 6) is 1.16. The molecule has 164 valence electrons. The van der Waals surface area contributed by atoms with Gasteiger partial charge in [0.1, 0.15) is 11.5 Å². The Morgan fingerprint density at radius 3 is 2.70 bits per heavy atom. The number of unbranched alkanes of at least 4 members (excludes halogenated alkanes) is 1. The van der Waals surface area contributed by atoms with Gasteiger partial charge in [0.25, 0.3) is 5.91 Å². The van der Waals surface area contributed by atoms with Crippen molar-refractivity contribution in [1.82, 2.24) is 14.8 Å².